The van der Waals surface area contributed by atoms with E-state index in [9.17, 15) is 18.4 Å². The first kappa shape index (κ1) is 23.3. The van der Waals surface area contributed by atoms with Gasteiger partial charge in [0.25, 0.3) is 0 Å². The van der Waals surface area contributed by atoms with Gasteiger partial charge in [-0.15, -0.1) is 10.2 Å². The molecule has 0 fully saturated rings. The fourth-order valence-electron chi connectivity index (χ4n) is 3.20. The van der Waals surface area contributed by atoms with Gasteiger partial charge in [0, 0.05) is 22.5 Å². The van der Waals surface area contributed by atoms with Gasteiger partial charge in [-0.2, -0.15) is 0 Å². The van der Waals surface area contributed by atoms with Crippen LogP contribution < -0.4 is 5.32 Å². The Morgan fingerprint density at radius 3 is 2.06 bits per heavy atom. The van der Waals surface area contributed by atoms with Crippen molar-refractivity contribution in [3.05, 3.63) is 90.0 Å². The summed E-state index contributed by atoms with van der Waals surface area (Å²) in [7, 11) is 0. The molecule has 0 spiro atoms. The van der Waals surface area contributed by atoms with Gasteiger partial charge in [0.05, 0.1) is 5.25 Å². The Hall–Kier alpha value is -3.85. The highest BCUT2D eigenvalue weighted by Gasteiger charge is 2.22. The number of benzene rings is 3. The summed E-state index contributed by atoms with van der Waals surface area (Å²) in [4.78, 5) is 24.2. The molecule has 4 rings (SSSR count). The summed E-state index contributed by atoms with van der Waals surface area (Å²) in [6.07, 6.45) is 0. The number of aromatic nitrogens is 3. The molecule has 3 aromatic carbocycles. The number of hydrogen-bond acceptors (Lipinski definition) is 5. The number of thioether (sulfide) groups is 1. The summed E-state index contributed by atoms with van der Waals surface area (Å²) in [5.74, 6) is -0.663. The lowest BCUT2D eigenvalue weighted by molar-refractivity contribution is -0.115. The maximum Gasteiger partial charge on any atom is 0.237 e. The molecule has 0 bridgehead atoms. The second-order valence-electron chi connectivity index (χ2n) is 7.51. The number of carbonyl (C=O) groups excluding carboxylic acids is 2. The number of hydrogen-bond donors (Lipinski definition) is 1. The third-order valence-corrected chi connectivity index (χ3v) is 6.07. The summed E-state index contributed by atoms with van der Waals surface area (Å²) in [5, 5.41) is 11.2. The maximum absolute atomic E-state index is 13.5. The molecule has 6 nitrogen and oxygen atoms in total. The van der Waals surface area contributed by atoms with E-state index < -0.39 is 11.1 Å². The molecule has 1 heterocycles. The van der Waals surface area contributed by atoms with Gasteiger partial charge < -0.3 is 5.32 Å². The van der Waals surface area contributed by atoms with Crippen molar-refractivity contribution in [1.82, 2.24) is 14.8 Å². The molecule has 1 unspecified atom stereocenters. The van der Waals surface area contributed by atoms with Gasteiger partial charge in [0.2, 0.25) is 5.91 Å². The molecule has 0 aliphatic rings. The van der Waals surface area contributed by atoms with E-state index in [1.807, 2.05) is 0 Å². The SMILES string of the molecule is CC(=O)c1ccc(NC(=O)C(C)Sc2nnc(-c3ccc(F)cc3)n2-c2ccc(F)cc2)cc1. The van der Waals surface area contributed by atoms with Gasteiger partial charge in [0.15, 0.2) is 16.8 Å². The van der Waals surface area contributed by atoms with E-state index in [0.29, 0.717) is 33.5 Å². The topological polar surface area (TPSA) is 76.9 Å². The van der Waals surface area contributed by atoms with Crippen molar-refractivity contribution in [2.24, 2.45) is 0 Å². The molecule has 0 saturated heterocycles. The summed E-state index contributed by atoms with van der Waals surface area (Å²) >= 11 is 1.18. The van der Waals surface area contributed by atoms with E-state index >= 15 is 0 Å². The van der Waals surface area contributed by atoms with Gasteiger partial charge in [0.1, 0.15) is 11.6 Å². The van der Waals surface area contributed by atoms with Crippen LogP contribution in [0.25, 0.3) is 17.1 Å². The van der Waals surface area contributed by atoms with Crippen LogP contribution in [0, 0.1) is 11.6 Å². The van der Waals surface area contributed by atoms with E-state index in [4.69, 9.17) is 0 Å². The Morgan fingerprint density at radius 2 is 1.47 bits per heavy atom. The molecule has 9 heteroatoms. The van der Waals surface area contributed by atoms with Crippen LogP contribution in [0.3, 0.4) is 0 Å². The molecule has 4 aromatic rings. The van der Waals surface area contributed by atoms with Gasteiger partial charge in [-0.1, -0.05) is 11.8 Å². The van der Waals surface area contributed by atoms with Crippen molar-refractivity contribution in [2.75, 3.05) is 5.32 Å². The summed E-state index contributed by atoms with van der Waals surface area (Å²) in [6, 6.07) is 18.2. The number of carbonyl (C=O) groups is 2. The lowest BCUT2D eigenvalue weighted by Crippen LogP contribution is -2.23. The zero-order chi connectivity index (χ0) is 24.2. The number of rotatable bonds is 7. The molecule has 172 valence electrons. The quantitative estimate of drug-likeness (QED) is 0.279. The Kier molecular flexibility index (Phi) is 6.83. The smallest absolute Gasteiger partial charge is 0.237 e. The number of nitrogens with zero attached hydrogens (tertiary/aromatic N) is 3. The predicted octanol–water partition coefficient (Wildman–Crippen LogP) is 5.53. The molecular weight excluding hydrogens is 458 g/mol. The third-order valence-electron chi connectivity index (χ3n) is 5.03. The predicted molar refractivity (Wildman–Crippen MR) is 127 cm³/mol. The van der Waals surface area contributed by atoms with E-state index in [0.717, 1.165) is 0 Å². The molecule has 1 atom stereocenters. The van der Waals surface area contributed by atoms with Crippen molar-refractivity contribution < 1.29 is 18.4 Å². The van der Waals surface area contributed by atoms with Gasteiger partial charge >= 0.3 is 0 Å². The number of nitrogens with one attached hydrogen (secondary N) is 1. The Bertz CT molecular complexity index is 1320. The van der Waals surface area contributed by atoms with Crippen LogP contribution in [-0.2, 0) is 4.79 Å². The molecular formula is C25H20F2N4O2S. The molecule has 0 radical (unpaired) electrons. The fourth-order valence-corrected chi connectivity index (χ4v) is 4.07. The highest BCUT2D eigenvalue weighted by atomic mass is 32.2. The zero-order valence-corrected chi connectivity index (χ0v) is 19.1. The first-order valence-electron chi connectivity index (χ1n) is 10.4. The molecule has 34 heavy (non-hydrogen) atoms. The summed E-state index contributed by atoms with van der Waals surface area (Å²) in [5.41, 5.74) is 2.34. The molecule has 1 N–H and O–H groups in total. The molecule has 0 aliphatic carbocycles. The largest absolute Gasteiger partial charge is 0.325 e. The van der Waals surface area contributed by atoms with Crippen LogP contribution in [0.4, 0.5) is 14.5 Å². The first-order chi connectivity index (χ1) is 16.3. The van der Waals surface area contributed by atoms with Crippen molar-refractivity contribution >= 4 is 29.1 Å². The Labute approximate surface area is 199 Å². The monoisotopic (exact) mass is 478 g/mol. The average Bonchev–Trinajstić information content (AvgIpc) is 3.23. The normalized spacial score (nSPS) is 11.8. The number of ketones is 1. The number of Topliss-reactive ketones (excluding diaryl/α,β-unsaturated/α-hetero) is 1. The van der Waals surface area contributed by atoms with Crippen LogP contribution in [0.1, 0.15) is 24.2 Å². The minimum Gasteiger partial charge on any atom is -0.325 e. The summed E-state index contributed by atoms with van der Waals surface area (Å²) < 4.78 is 28.7. The van der Waals surface area contributed by atoms with Crippen LogP contribution in [-0.4, -0.2) is 31.7 Å². The van der Waals surface area contributed by atoms with Crippen LogP contribution >= 0.6 is 11.8 Å². The minimum absolute atomic E-state index is 0.0566. The van der Waals surface area contributed by atoms with E-state index in [2.05, 4.69) is 15.5 Å². The number of anilines is 1. The first-order valence-corrected chi connectivity index (χ1v) is 11.3. The third kappa shape index (κ3) is 5.20. The van der Waals surface area contributed by atoms with Crippen molar-refractivity contribution in [1.29, 1.82) is 0 Å². The lowest BCUT2D eigenvalue weighted by Gasteiger charge is -2.14. The summed E-state index contributed by atoms with van der Waals surface area (Å²) in [6.45, 7) is 3.20. The molecule has 1 amide bonds. The molecule has 0 saturated carbocycles. The highest BCUT2D eigenvalue weighted by Crippen LogP contribution is 2.31. The average molecular weight is 479 g/mol. The minimum atomic E-state index is -0.558. The van der Waals surface area contributed by atoms with Crippen molar-refractivity contribution in [3.63, 3.8) is 0 Å². The standard InChI is InChI=1S/C25H20F2N4O2S/c1-15(32)17-5-11-21(12-6-17)28-24(33)16(2)34-25-30-29-23(18-3-7-19(26)8-4-18)31(25)22-13-9-20(27)10-14-22/h3-14,16H,1-2H3,(H,28,33). The van der Waals surface area contributed by atoms with Crippen LogP contribution in [0.2, 0.25) is 0 Å². The Morgan fingerprint density at radius 1 is 0.882 bits per heavy atom. The van der Waals surface area contributed by atoms with E-state index in [1.165, 1.54) is 43.0 Å². The fraction of sp³-hybridized carbons (Fsp3) is 0.120. The van der Waals surface area contributed by atoms with Gasteiger partial charge in [-0.05, 0) is 86.6 Å². The second kappa shape index (κ2) is 9.96. The number of amides is 1. The van der Waals surface area contributed by atoms with Crippen LogP contribution in [0.15, 0.2) is 78.0 Å². The Balaban J connectivity index is 1.60. The highest BCUT2D eigenvalue weighted by molar-refractivity contribution is 8.00. The van der Waals surface area contributed by atoms with Gasteiger partial charge in [-0.25, -0.2) is 8.78 Å². The zero-order valence-electron chi connectivity index (χ0n) is 18.3. The lowest BCUT2D eigenvalue weighted by atomic mass is 10.1. The molecule has 0 aliphatic heterocycles. The second-order valence-corrected chi connectivity index (χ2v) is 8.82. The van der Waals surface area contributed by atoms with E-state index in [1.54, 1.807) is 60.0 Å². The van der Waals surface area contributed by atoms with Crippen molar-refractivity contribution in [3.8, 4) is 17.1 Å². The van der Waals surface area contributed by atoms with Gasteiger partial charge in [-0.3, -0.25) is 14.2 Å². The maximum atomic E-state index is 13.5. The molecule has 1 aromatic heterocycles. The van der Waals surface area contributed by atoms with Crippen molar-refractivity contribution in [2.45, 2.75) is 24.3 Å². The number of halogens is 2. The van der Waals surface area contributed by atoms with E-state index in [-0.39, 0.29) is 17.5 Å². The van der Waals surface area contributed by atoms with Crippen LogP contribution in [0.5, 0.6) is 0 Å².